The fourth-order valence-electron chi connectivity index (χ4n) is 4.42. The van der Waals surface area contributed by atoms with Gasteiger partial charge in [0.2, 0.25) is 0 Å². The van der Waals surface area contributed by atoms with Gasteiger partial charge in [0.05, 0.1) is 22.7 Å². The zero-order valence-electron chi connectivity index (χ0n) is 17.6. The number of rotatable bonds is 6. The van der Waals surface area contributed by atoms with Gasteiger partial charge in [-0.25, -0.2) is 9.37 Å². The van der Waals surface area contributed by atoms with E-state index in [4.69, 9.17) is 5.26 Å². The summed E-state index contributed by atoms with van der Waals surface area (Å²) < 4.78 is 13.4. The molecule has 1 fully saturated rings. The van der Waals surface area contributed by atoms with Crippen molar-refractivity contribution in [2.24, 2.45) is 0 Å². The van der Waals surface area contributed by atoms with Gasteiger partial charge >= 0.3 is 0 Å². The van der Waals surface area contributed by atoms with Crippen LogP contribution in [0.1, 0.15) is 54.4 Å². The summed E-state index contributed by atoms with van der Waals surface area (Å²) in [6, 6.07) is 14.3. The van der Waals surface area contributed by atoms with E-state index in [2.05, 4.69) is 21.4 Å². The molecule has 1 aliphatic rings. The number of nitrogens with zero attached hydrogens (tertiary/aromatic N) is 3. The fourth-order valence-corrected chi connectivity index (χ4v) is 4.42. The van der Waals surface area contributed by atoms with Crippen LogP contribution in [0.2, 0.25) is 0 Å². The second kappa shape index (κ2) is 9.27. The van der Waals surface area contributed by atoms with E-state index < -0.39 is 0 Å². The predicted octanol–water partition coefficient (Wildman–Crippen LogP) is 4.14. The van der Waals surface area contributed by atoms with Crippen molar-refractivity contribution in [2.45, 2.75) is 51.2 Å². The van der Waals surface area contributed by atoms with Gasteiger partial charge in [0.25, 0.3) is 5.91 Å². The number of aromatic amines is 1. The Bertz CT molecular complexity index is 1120. The maximum atomic E-state index is 13.4. The molecule has 4 rings (SSSR count). The highest BCUT2D eigenvalue weighted by Crippen LogP contribution is 2.25. The smallest absolute Gasteiger partial charge is 0.289 e. The standard InChI is InChI=1S/C24H26FN5O/c1-2-30(24(31)23-28-21-10-9-16(14-26)12-22(21)29-23)20-8-4-7-19(13-20)27-15-17-5-3-6-18(25)11-17/h3,5-6,9-12,19-20,27H,2,4,7-8,13,15H2,1H3,(H,28,29). The molecule has 1 amide bonds. The summed E-state index contributed by atoms with van der Waals surface area (Å²) in [7, 11) is 0. The van der Waals surface area contributed by atoms with Crippen LogP contribution in [0.15, 0.2) is 42.5 Å². The first kappa shape index (κ1) is 21.0. The highest BCUT2D eigenvalue weighted by molar-refractivity contribution is 5.94. The fraction of sp³-hybridized carbons (Fsp3) is 0.375. The molecule has 160 valence electrons. The van der Waals surface area contributed by atoms with Gasteiger partial charge in [-0.2, -0.15) is 5.26 Å². The van der Waals surface area contributed by atoms with Crippen molar-refractivity contribution >= 4 is 16.9 Å². The molecule has 1 heterocycles. The van der Waals surface area contributed by atoms with E-state index in [1.807, 2.05) is 17.9 Å². The third-order valence-electron chi connectivity index (χ3n) is 5.99. The molecule has 0 saturated heterocycles. The SMILES string of the molecule is CCN(C(=O)c1nc2cc(C#N)ccc2[nH]1)C1CCCC(NCc2cccc(F)c2)C1. The lowest BCUT2D eigenvalue weighted by molar-refractivity contribution is 0.0617. The van der Waals surface area contributed by atoms with Crippen LogP contribution in [0.25, 0.3) is 11.0 Å². The van der Waals surface area contributed by atoms with Crippen LogP contribution in [-0.2, 0) is 6.54 Å². The molecule has 0 aliphatic heterocycles. The van der Waals surface area contributed by atoms with Crippen molar-refractivity contribution in [1.82, 2.24) is 20.2 Å². The van der Waals surface area contributed by atoms with Gasteiger partial charge in [-0.15, -0.1) is 0 Å². The largest absolute Gasteiger partial charge is 0.334 e. The molecule has 31 heavy (non-hydrogen) atoms. The quantitative estimate of drug-likeness (QED) is 0.629. The van der Waals surface area contributed by atoms with Crippen molar-refractivity contribution in [3.05, 3.63) is 65.2 Å². The summed E-state index contributed by atoms with van der Waals surface area (Å²) in [6.07, 6.45) is 3.88. The number of carbonyl (C=O) groups is 1. The number of halogens is 1. The van der Waals surface area contributed by atoms with Crippen LogP contribution in [0, 0.1) is 17.1 Å². The maximum absolute atomic E-state index is 13.4. The third kappa shape index (κ3) is 4.75. The van der Waals surface area contributed by atoms with Crippen LogP contribution in [0.4, 0.5) is 4.39 Å². The molecule has 0 bridgehead atoms. The summed E-state index contributed by atoms with van der Waals surface area (Å²) in [5, 5.41) is 12.6. The Kier molecular flexibility index (Phi) is 6.28. The monoisotopic (exact) mass is 419 g/mol. The van der Waals surface area contributed by atoms with Crippen LogP contribution in [-0.4, -0.2) is 39.4 Å². The molecular formula is C24H26FN5O. The third-order valence-corrected chi connectivity index (χ3v) is 5.99. The summed E-state index contributed by atoms with van der Waals surface area (Å²) in [6.45, 7) is 3.19. The highest BCUT2D eigenvalue weighted by atomic mass is 19.1. The van der Waals surface area contributed by atoms with Crippen LogP contribution in [0.5, 0.6) is 0 Å². The molecule has 1 aromatic heterocycles. The topological polar surface area (TPSA) is 84.8 Å². The van der Waals surface area contributed by atoms with E-state index in [1.54, 1.807) is 30.3 Å². The van der Waals surface area contributed by atoms with E-state index >= 15 is 0 Å². The molecule has 2 unspecified atom stereocenters. The minimum absolute atomic E-state index is 0.118. The first-order valence-corrected chi connectivity index (χ1v) is 10.8. The lowest BCUT2D eigenvalue weighted by atomic mass is 9.89. The summed E-state index contributed by atoms with van der Waals surface area (Å²) in [4.78, 5) is 22.7. The minimum Gasteiger partial charge on any atom is -0.334 e. The molecule has 2 atom stereocenters. The van der Waals surface area contributed by atoms with Crippen molar-refractivity contribution in [2.75, 3.05) is 6.54 Å². The molecule has 1 aliphatic carbocycles. The van der Waals surface area contributed by atoms with E-state index in [9.17, 15) is 9.18 Å². The Morgan fingerprint density at radius 1 is 1.32 bits per heavy atom. The molecule has 2 N–H and O–H groups in total. The minimum atomic E-state index is -0.226. The number of nitrogens with one attached hydrogen (secondary N) is 2. The van der Waals surface area contributed by atoms with Gasteiger partial charge in [0, 0.05) is 25.2 Å². The predicted molar refractivity (Wildman–Crippen MR) is 117 cm³/mol. The Hall–Kier alpha value is -3.24. The Morgan fingerprint density at radius 3 is 2.97 bits per heavy atom. The molecule has 1 saturated carbocycles. The number of hydrogen-bond acceptors (Lipinski definition) is 4. The second-order valence-electron chi connectivity index (χ2n) is 8.05. The molecule has 0 radical (unpaired) electrons. The first-order valence-electron chi connectivity index (χ1n) is 10.8. The summed E-state index contributed by atoms with van der Waals surface area (Å²) in [5.41, 5.74) is 2.81. The number of carbonyl (C=O) groups excluding carboxylic acids is 1. The number of hydrogen-bond donors (Lipinski definition) is 2. The zero-order valence-corrected chi connectivity index (χ0v) is 17.6. The van der Waals surface area contributed by atoms with E-state index in [0.717, 1.165) is 36.8 Å². The number of benzene rings is 2. The van der Waals surface area contributed by atoms with Gasteiger partial charge < -0.3 is 15.2 Å². The van der Waals surface area contributed by atoms with E-state index in [0.29, 0.717) is 30.0 Å². The molecule has 3 aromatic rings. The van der Waals surface area contributed by atoms with Crippen molar-refractivity contribution in [3.63, 3.8) is 0 Å². The number of nitriles is 1. The number of H-pyrrole nitrogens is 1. The van der Waals surface area contributed by atoms with Gasteiger partial charge in [-0.1, -0.05) is 12.1 Å². The zero-order chi connectivity index (χ0) is 21.8. The Morgan fingerprint density at radius 2 is 2.19 bits per heavy atom. The van der Waals surface area contributed by atoms with E-state index in [-0.39, 0.29) is 23.8 Å². The summed E-state index contributed by atoms with van der Waals surface area (Å²) in [5.74, 6) is -0.0360. The first-order chi connectivity index (χ1) is 15.1. The molecule has 2 aromatic carbocycles. The molecule has 0 spiro atoms. The van der Waals surface area contributed by atoms with Crippen molar-refractivity contribution in [1.29, 1.82) is 5.26 Å². The lowest BCUT2D eigenvalue weighted by Gasteiger charge is -2.37. The number of imidazole rings is 1. The van der Waals surface area contributed by atoms with Gasteiger partial charge in [-0.3, -0.25) is 4.79 Å². The molecule has 7 heteroatoms. The van der Waals surface area contributed by atoms with Gasteiger partial charge in [-0.05, 0) is 68.5 Å². The average Bonchev–Trinajstić information content (AvgIpc) is 3.22. The summed E-state index contributed by atoms with van der Waals surface area (Å²) >= 11 is 0. The Balaban J connectivity index is 1.44. The maximum Gasteiger partial charge on any atom is 0.289 e. The van der Waals surface area contributed by atoms with E-state index in [1.165, 1.54) is 6.07 Å². The number of amides is 1. The number of fused-ring (bicyclic) bond motifs is 1. The Labute approximate surface area is 181 Å². The van der Waals surface area contributed by atoms with Crippen LogP contribution < -0.4 is 5.32 Å². The van der Waals surface area contributed by atoms with Gasteiger partial charge in [0.1, 0.15) is 5.82 Å². The molecule has 6 nitrogen and oxygen atoms in total. The highest BCUT2D eigenvalue weighted by Gasteiger charge is 2.30. The average molecular weight is 420 g/mol. The lowest BCUT2D eigenvalue weighted by Crippen LogP contribution is -2.47. The van der Waals surface area contributed by atoms with Gasteiger partial charge in [0.15, 0.2) is 5.82 Å². The van der Waals surface area contributed by atoms with Crippen LogP contribution in [0.3, 0.4) is 0 Å². The normalized spacial score (nSPS) is 18.6. The number of aromatic nitrogens is 2. The second-order valence-corrected chi connectivity index (χ2v) is 8.05. The van der Waals surface area contributed by atoms with Crippen molar-refractivity contribution in [3.8, 4) is 6.07 Å². The molecular weight excluding hydrogens is 393 g/mol. The van der Waals surface area contributed by atoms with Crippen LogP contribution >= 0.6 is 0 Å². The van der Waals surface area contributed by atoms with Crippen molar-refractivity contribution < 1.29 is 9.18 Å².